The van der Waals surface area contributed by atoms with Crippen molar-refractivity contribution in [2.75, 3.05) is 32.2 Å². The van der Waals surface area contributed by atoms with E-state index >= 15 is 0 Å². The van der Waals surface area contributed by atoms with Gasteiger partial charge in [-0.05, 0) is 41.2 Å². The number of hydrogen-bond acceptors (Lipinski definition) is 4. The maximum atomic E-state index is 9.68. The lowest BCUT2D eigenvalue weighted by Crippen LogP contribution is -2.40. The van der Waals surface area contributed by atoms with Crippen LogP contribution in [-0.4, -0.2) is 38.5 Å². The van der Waals surface area contributed by atoms with E-state index in [9.17, 15) is 5.11 Å². The van der Waals surface area contributed by atoms with Gasteiger partial charge in [-0.3, -0.25) is 0 Å². The van der Waals surface area contributed by atoms with Crippen LogP contribution in [0.15, 0.2) is 78.9 Å². The Morgan fingerprint density at radius 2 is 1.67 bits per heavy atom. The predicted molar refractivity (Wildman–Crippen MR) is 123 cm³/mol. The van der Waals surface area contributed by atoms with Crippen LogP contribution < -0.4 is 15.0 Å². The summed E-state index contributed by atoms with van der Waals surface area (Å²) in [6.07, 6.45) is 0.770. The first-order valence-electron chi connectivity index (χ1n) is 10.6. The highest BCUT2D eigenvalue weighted by Gasteiger charge is 2.39. The Morgan fingerprint density at radius 1 is 0.967 bits per heavy atom. The molecule has 4 heteroatoms. The van der Waals surface area contributed by atoms with Crippen LogP contribution in [0.1, 0.15) is 18.0 Å². The van der Waals surface area contributed by atoms with Gasteiger partial charge in [-0.1, -0.05) is 66.7 Å². The Morgan fingerprint density at radius 3 is 2.33 bits per heavy atom. The zero-order valence-corrected chi connectivity index (χ0v) is 17.7. The summed E-state index contributed by atoms with van der Waals surface area (Å²) < 4.78 is 5.74. The lowest BCUT2D eigenvalue weighted by Gasteiger charge is -2.36. The second-order valence-electron chi connectivity index (χ2n) is 7.92. The van der Waals surface area contributed by atoms with Crippen molar-refractivity contribution in [1.82, 2.24) is 5.32 Å². The molecule has 2 N–H and O–H groups in total. The van der Waals surface area contributed by atoms with Crippen molar-refractivity contribution in [3.05, 3.63) is 84.4 Å². The van der Waals surface area contributed by atoms with Crippen molar-refractivity contribution in [2.24, 2.45) is 5.92 Å². The number of nitrogens with zero attached hydrogens (tertiary/aromatic N) is 1. The molecule has 3 atom stereocenters. The number of hydrogen-bond donors (Lipinski definition) is 2. The fourth-order valence-corrected chi connectivity index (χ4v) is 4.68. The summed E-state index contributed by atoms with van der Waals surface area (Å²) in [5.41, 5.74) is 4.69. The summed E-state index contributed by atoms with van der Waals surface area (Å²) in [5.74, 6) is 1.20. The first-order chi connectivity index (χ1) is 14.7. The Labute approximate surface area is 179 Å². The van der Waals surface area contributed by atoms with Gasteiger partial charge in [0.05, 0.1) is 24.9 Å². The van der Waals surface area contributed by atoms with Crippen molar-refractivity contribution >= 4 is 5.69 Å². The largest absolute Gasteiger partial charge is 0.495 e. The zero-order chi connectivity index (χ0) is 20.9. The van der Waals surface area contributed by atoms with Crippen molar-refractivity contribution in [3.8, 4) is 16.9 Å². The number of methoxy groups -OCH3 is 1. The quantitative estimate of drug-likeness (QED) is 0.610. The van der Waals surface area contributed by atoms with Gasteiger partial charge in [0, 0.05) is 20.2 Å². The number of aliphatic hydroxyl groups excluding tert-OH is 1. The smallest absolute Gasteiger partial charge is 0.142 e. The van der Waals surface area contributed by atoms with Gasteiger partial charge in [0.15, 0.2) is 0 Å². The molecule has 0 radical (unpaired) electrons. The van der Waals surface area contributed by atoms with E-state index < -0.39 is 0 Å². The SMILES string of the molecule is COc1ccc(-c2ccccc2)cc1N(C)C1C(CCO)CNC1c1ccccc1. The van der Waals surface area contributed by atoms with Crippen LogP contribution in [0.4, 0.5) is 5.69 Å². The number of nitrogens with one attached hydrogen (secondary N) is 1. The molecule has 0 saturated carbocycles. The molecule has 4 nitrogen and oxygen atoms in total. The number of ether oxygens (including phenoxy) is 1. The van der Waals surface area contributed by atoms with Crippen molar-refractivity contribution in [3.63, 3.8) is 0 Å². The summed E-state index contributed by atoms with van der Waals surface area (Å²) in [7, 11) is 3.87. The second-order valence-corrected chi connectivity index (χ2v) is 7.92. The molecule has 0 aromatic heterocycles. The Bertz CT molecular complexity index is 946. The molecule has 3 aromatic carbocycles. The fraction of sp³-hybridized carbons (Fsp3) is 0.308. The van der Waals surface area contributed by atoms with Crippen molar-refractivity contribution in [1.29, 1.82) is 0 Å². The third-order valence-corrected chi connectivity index (χ3v) is 6.20. The van der Waals surface area contributed by atoms with Crippen LogP contribution in [0.2, 0.25) is 0 Å². The minimum Gasteiger partial charge on any atom is -0.495 e. The molecule has 0 aliphatic carbocycles. The molecule has 1 saturated heterocycles. The number of aliphatic hydroxyl groups is 1. The molecule has 4 rings (SSSR count). The highest BCUT2D eigenvalue weighted by molar-refractivity contribution is 5.73. The standard InChI is InChI=1S/C26H30N2O2/c1-28(23-17-21(13-14-24(23)30-2)19-9-5-3-6-10-19)26-22(15-16-29)18-27-25(26)20-11-7-4-8-12-20/h3-14,17,22,25-27,29H,15-16,18H2,1-2H3. The molecule has 0 bridgehead atoms. The molecule has 3 aromatic rings. The molecule has 0 amide bonds. The van der Waals surface area contributed by atoms with Crippen LogP contribution in [0, 0.1) is 5.92 Å². The number of benzene rings is 3. The van der Waals surface area contributed by atoms with Gasteiger partial charge in [0.1, 0.15) is 5.75 Å². The van der Waals surface area contributed by atoms with Crippen LogP contribution in [0.25, 0.3) is 11.1 Å². The van der Waals surface area contributed by atoms with Crippen LogP contribution in [-0.2, 0) is 0 Å². The monoisotopic (exact) mass is 402 g/mol. The van der Waals surface area contributed by atoms with E-state index in [1.165, 1.54) is 16.7 Å². The first-order valence-corrected chi connectivity index (χ1v) is 10.6. The van der Waals surface area contributed by atoms with Gasteiger partial charge >= 0.3 is 0 Å². The Kier molecular flexibility index (Phi) is 6.36. The molecule has 30 heavy (non-hydrogen) atoms. The summed E-state index contributed by atoms with van der Waals surface area (Å²) in [4.78, 5) is 2.34. The molecule has 1 aliphatic heterocycles. The average molecular weight is 403 g/mol. The van der Waals surface area contributed by atoms with E-state index in [4.69, 9.17) is 4.74 Å². The molecule has 156 valence electrons. The lowest BCUT2D eigenvalue weighted by molar-refractivity contribution is 0.252. The minimum absolute atomic E-state index is 0.192. The maximum absolute atomic E-state index is 9.68. The highest BCUT2D eigenvalue weighted by atomic mass is 16.5. The van der Waals surface area contributed by atoms with E-state index in [1.54, 1.807) is 7.11 Å². The molecule has 1 heterocycles. The summed E-state index contributed by atoms with van der Waals surface area (Å²) in [6, 6.07) is 27.8. The number of anilines is 1. The van der Waals surface area contributed by atoms with Gasteiger partial charge in [0.2, 0.25) is 0 Å². The lowest BCUT2D eigenvalue weighted by atomic mass is 9.90. The number of likely N-dealkylation sites (N-methyl/N-ethyl adjacent to an activating group) is 1. The van der Waals surface area contributed by atoms with Gasteiger partial charge in [0.25, 0.3) is 0 Å². The van der Waals surface area contributed by atoms with E-state index in [0.717, 1.165) is 24.4 Å². The van der Waals surface area contributed by atoms with Crippen LogP contribution >= 0.6 is 0 Å². The fourth-order valence-electron chi connectivity index (χ4n) is 4.68. The minimum atomic E-state index is 0.192. The molecule has 3 unspecified atom stereocenters. The van der Waals surface area contributed by atoms with Crippen molar-refractivity contribution < 1.29 is 9.84 Å². The predicted octanol–water partition coefficient (Wildman–Crippen LogP) is 4.51. The zero-order valence-electron chi connectivity index (χ0n) is 17.7. The molecular formula is C26H30N2O2. The van der Waals surface area contributed by atoms with Crippen LogP contribution in [0.3, 0.4) is 0 Å². The highest BCUT2D eigenvalue weighted by Crippen LogP contribution is 2.40. The van der Waals surface area contributed by atoms with Crippen molar-refractivity contribution in [2.45, 2.75) is 18.5 Å². The van der Waals surface area contributed by atoms with E-state index in [2.05, 4.69) is 90.1 Å². The molecular weight excluding hydrogens is 372 g/mol. The third kappa shape index (κ3) is 4.07. The van der Waals surface area contributed by atoms with E-state index in [0.29, 0.717) is 5.92 Å². The topological polar surface area (TPSA) is 44.7 Å². The normalized spacial score (nSPS) is 20.8. The average Bonchev–Trinajstić information content (AvgIpc) is 3.23. The summed E-state index contributed by atoms with van der Waals surface area (Å²) >= 11 is 0. The van der Waals surface area contributed by atoms with Crippen LogP contribution in [0.5, 0.6) is 5.75 Å². The molecule has 1 aliphatic rings. The van der Waals surface area contributed by atoms with Gasteiger partial charge < -0.3 is 20.1 Å². The Hall–Kier alpha value is -2.82. The third-order valence-electron chi connectivity index (χ3n) is 6.20. The van der Waals surface area contributed by atoms with E-state index in [-0.39, 0.29) is 18.7 Å². The van der Waals surface area contributed by atoms with Gasteiger partial charge in [-0.2, -0.15) is 0 Å². The van der Waals surface area contributed by atoms with Gasteiger partial charge in [-0.25, -0.2) is 0 Å². The van der Waals surface area contributed by atoms with Gasteiger partial charge in [-0.15, -0.1) is 0 Å². The summed E-state index contributed by atoms with van der Waals surface area (Å²) in [5, 5.41) is 13.4. The second kappa shape index (κ2) is 9.33. The van der Waals surface area contributed by atoms with E-state index in [1.807, 2.05) is 6.07 Å². The Balaban J connectivity index is 1.74. The maximum Gasteiger partial charge on any atom is 0.142 e. The molecule has 0 spiro atoms. The molecule has 1 fully saturated rings. The first kappa shape index (κ1) is 20.5. The summed E-state index contributed by atoms with van der Waals surface area (Å²) in [6.45, 7) is 1.08. The number of rotatable bonds is 7.